The van der Waals surface area contributed by atoms with Gasteiger partial charge in [0.15, 0.2) is 0 Å². The van der Waals surface area contributed by atoms with Crippen LogP contribution in [0.3, 0.4) is 0 Å². The van der Waals surface area contributed by atoms with Gasteiger partial charge in [-0.05, 0) is 13.5 Å². The van der Waals surface area contributed by atoms with Crippen LogP contribution in [0.1, 0.15) is 6.42 Å². The maximum Gasteiger partial charge on any atom is 0.241 e. The highest BCUT2D eigenvalue weighted by Gasteiger charge is 2.20. The van der Waals surface area contributed by atoms with E-state index in [9.17, 15) is 14.4 Å². The highest BCUT2D eigenvalue weighted by atomic mass is 16.2. The number of hydrogen-bond acceptors (Lipinski definition) is 4. The molecule has 0 aromatic rings. The molecule has 1 fully saturated rings. The van der Waals surface area contributed by atoms with Gasteiger partial charge in [0.25, 0.3) is 0 Å². The third kappa shape index (κ3) is 4.81. The predicted octanol–water partition coefficient (Wildman–Crippen LogP) is -2.33. The summed E-state index contributed by atoms with van der Waals surface area (Å²) in [6.07, 6.45) is 1.03. The second kappa shape index (κ2) is 6.85. The first-order chi connectivity index (χ1) is 8.13. The van der Waals surface area contributed by atoms with Gasteiger partial charge in [0, 0.05) is 13.1 Å². The van der Waals surface area contributed by atoms with Crippen LogP contribution in [0, 0.1) is 0 Å². The Morgan fingerprint density at radius 1 is 1.00 bits per heavy atom. The van der Waals surface area contributed by atoms with Crippen molar-refractivity contribution in [1.29, 1.82) is 0 Å². The molecule has 0 saturated carbocycles. The molecule has 0 unspecified atom stereocenters. The Hall–Kier alpha value is -1.63. The van der Waals surface area contributed by atoms with Crippen molar-refractivity contribution in [2.45, 2.75) is 6.42 Å². The maximum absolute atomic E-state index is 11.4. The van der Waals surface area contributed by atoms with Gasteiger partial charge in [-0.1, -0.05) is 0 Å². The fraction of sp³-hybridized carbons (Fsp3) is 0.700. The van der Waals surface area contributed by atoms with Crippen LogP contribution in [0.5, 0.6) is 0 Å². The molecule has 0 aromatic heterocycles. The molecule has 1 aliphatic rings. The van der Waals surface area contributed by atoms with Crippen LogP contribution in [0.4, 0.5) is 0 Å². The fourth-order valence-corrected chi connectivity index (χ4v) is 1.32. The molecule has 7 nitrogen and oxygen atoms in total. The van der Waals surface area contributed by atoms with Crippen molar-refractivity contribution >= 4 is 17.7 Å². The van der Waals surface area contributed by atoms with Gasteiger partial charge < -0.3 is 20.9 Å². The SMILES string of the molecule is CNCC(=O)NCC(=O)NCC(=O)N1CCC1. The number of rotatable bonds is 6. The summed E-state index contributed by atoms with van der Waals surface area (Å²) in [5.74, 6) is -0.689. The number of hydrogen-bond donors (Lipinski definition) is 3. The van der Waals surface area contributed by atoms with E-state index in [-0.39, 0.29) is 37.4 Å². The lowest BCUT2D eigenvalue weighted by Gasteiger charge is -2.30. The molecule has 17 heavy (non-hydrogen) atoms. The molecule has 0 atom stereocenters. The predicted molar refractivity (Wildman–Crippen MR) is 61.1 cm³/mol. The average Bonchev–Trinajstić information content (AvgIpc) is 2.21. The molecule has 1 rings (SSSR count). The van der Waals surface area contributed by atoms with E-state index in [0.29, 0.717) is 0 Å². The van der Waals surface area contributed by atoms with E-state index in [2.05, 4.69) is 16.0 Å². The lowest BCUT2D eigenvalue weighted by atomic mass is 10.2. The standard InChI is InChI=1S/C10H18N4O3/c1-11-5-8(15)12-6-9(16)13-7-10(17)14-3-2-4-14/h11H,2-7H2,1H3,(H,12,15)(H,13,16). The zero-order chi connectivity index (χ0) is 12.7. The lowest BCUT2D eigenvalue weighted by molar-refractivity contribution is -0.135. The summed E-state index contributed by atoms with van der Waals surface area (Å²) >= 11 is 0. The quantitative estimate of drug-likeness (QED) is 0.487. The zero-order valence-corrected chi connectivity index (χ0v) is 9.91. The topological polar surface area (TPSA) is 90.5 Å². The molecule has 1 saturated heterocycles. The second-order valence-electron chi connectivity index (χ2n) is 3.82. The molecule has 1 aliphatic heterocycles. The minimum Gasteiger partial charge on any atom is -0.346 e. The number of likely N-dealkylation sites (tertiary alicyclic amines) is 1. The van der Waals surface area contributed by atoms with Crippen LogP contribution in [0.2, 0.25) is 0 Å². The van der Waals surface area contributed by atoms with Crippen molar-refractivity contribution in [3.8, 4) is 0 Å². The van der Waals surface area contributed by atoms with Crippen LogP contribution in [-0.4, -0.2) is 62.4 Å². The number of carbonyl (C=O) groups is 3. The van der Waals surface area contributed by atoms with Crippen molar-refractivity contribution in [2.24, 2.45) is 0 Å². The minimum absolute atomic E-state index is 0.000726. The average molecular weight is 242 g/mol. The van der Waals surface area contributed by atoms with Gasteiger partial charge in [0.1, 0.15) is 0 Å². The minimum atomic E-state index is -0.358. The first-order valence-electron chi connectivity index (χ1n) is 5.59. The molecule has 96 valence electrons. The van der Waals surface area contributed by atoms with Crippen molar-refractivity contribution in [1.82, 2.24) is 20.9 Å². The molecule has 0 aromatic carbocycles. The second-order valence-corrected chi connectivity index (χ2v) is 3.82. The Balaban J connectivity index is 2.08. The van der Waals surface area contributed by atoms with Crippen molar-refractivity contribution in [3.05, 3.63) is 0 Å². The summed E-state index contributed by atoms with van der Waals surface area (Å²) in [6.45, 7) is 1.61. The Bertz CT molecular complexity index is 302. The number of carbonyl (C=O) groups excluding carboxylic acids is 3. The monoisotopic (exact) mass is 242 g/mol. The van der Waals surface area contributed by atoms with Crippen LogP contribution < -0.4 is 16.0 Å². The van der Waals surface area contributed by atoms with Crippen molar-refractivity contribution in [3.63, 3.8) is 0 Å². The van der Waals surface area contributed by atoms with Gasteiger partial charge in [-0.25, -0.2) is 0 Å². The van der Waals surface area contributed by atoms with Gasteiger partial charge in [-0.2, -0.15) is 0 Å². The molecule has 0 bridgehead atoms. The van der Waals surface area contributed by atoms with E-state index in [1.165, 1.54) is 0 Å². The van der Waals surface area contributed by atoms with E-state index in [4.69, 9.17) is 0 Å². The molecule has 7 heteroatoms. The van der Waals surface area contributed by atoms with E-state index < -0.39 is 0 Å². The van der Waals surface area contributed by atoms with E-state index >= 15 is 0 Å². The molecule has 3 N–H and O–H groups in total. The molecule has 0 aliphatic carbocycles. The first-order valence-corrected chi connectivity index (χ1v) is 5.59. The van der Waals surface area contributed by atoms with Gasteiger partial charge in [-0.3, -0.25) is 14.4 Å². The van der Waals surface area contributed by atoms with Gasteiger partial charge in [0.05, 0.1) is 19.6 Å². The number of nitrogens with one attached hydrogen (secondary N) is 3. The first kappa shape index (κ1) is 13.4. The van der Waals surface area contributed by atoms with E-state index in [0.717, 1.165) is 19.5 Å². The molecule has 3 amide bonds. The maximum atomic E-state index is 11.4. The van der Waals surface area contributed by atoms with Gasteiger partial charge in [-0.15, -0.1) is 0 Å². The molecule has 0 radical (unpaired) electrons. The van der Waals surface area contributed by atoms with Crippen LogP contribution in [-0.2, 0) is 14.4 Å². The summed E-state index contributed by atoms with van der Waals surface area (Å²) in [7, 11) is 1.64. The highest BCUT2D eigenvalue weighted by molar-refractivity contribution is 5.88. The van der Waals surface area contributed by atoms with Crippen LogP contribution in [0.15, 0.2) is 0 Å². The highest BCUT2D eigenvalue weighted by Crippen LogP contribution is 2.04. The van der Waals surface area contributed by atoms with Gasteiger partial charge in [0.2, 0.25) is 17.7 Å². The van der Waals surface area contributed by atoms with Crippen molar-refractivity contribution in [2.75, 3.05) is 39.8 Å². The molecular weight excluding hydrogens is 224 g/mol. The zero-order valence-electron chi connectivity index (χ0n) is 9.91. The molecule has 0 spiro atoms. The largest absolute Gasteiger partial charge is 0.346 e. The van der Waals surface area contributed by atoms with E-state index in [1.54, 1.807) is 11.9 Å². The normalized spacial score (nSPS) is 13.8. The van der Waals surface area contributed by atoms with Crippen molar-refractivity contribution < 1.29 is 14.4 Å². The summed E-state index contributed by atoms with van der Waals surface area (Å²) in [4.78, 5) is 35.4. The number of amides is 3. The Morgan fingerprint density at radius 2 is 1.59 bits per heavy atom. The third-order valence-corrected chi connectivity index (χ3v) is 2.43. The summed E-state index contributed by atoms with van der Waals surface area (Å²) in [5, 5.41) is 7.56. The van der Waals surface area contributed by atoms with Crippen LogP contribution >= 0.6 is 0 Å². The Labute approximate surface area is 99.9 Å². The molecule has 1 heterocycles. The van der Waals surface area contributed by atoms with Crippen LogP contribution in [0.25, 0.3) is 0 Å². The lowest BCUT2D eigenvalue weighted by Crippen LogP contribution is -2.48. The van der Waals surface area contributed by atoms with E-state index in [1.807, 2.05) is 0 Å². The number of likely N-dealkylation sites (N-methyl/N-ethyl adjacent to an activating group) is 1. The summed E-state index contributed by atoms with van der Waals surface area (Å²) in [5.41, 5.74) is 0. The summed E-state index contributed by atoms with van der Waals surface area (Å²) < 4.78 is 0. The smallest absolute Gasteiger partial charge is 0.241 e. The Morgan fingerprint density at radius 3 is 2.12 bits per heavy atom. The van der Waals surface area contributed by atoms with Gasteiger partial charge >= 0.3 is 0 Å². The Kier molecular flexibility index (Phi) is 5.41. The third-order valence-electron chi connectivity index (χ3n) is 2.43. The molecular formula is C10H18N4O3. The number of nitrogens with zero attached hydrogens (tertiary/aromatic N) is 1. The summed E-state index contributed by atoms with van der Waals surface area (Å²) in [6, 6.07) is 0. The fourth-order valence-electron chi connectivity index (χ4n) is 1.32.